The van der Waals surface area contributed by atoms with Crippen LogP contribution < -0.4 is 4.74 Å². The molecule has 0 spiro atoms. The third-order valence-corrected chi connectivity index (χ3v) is 5.81. The second-order valence-corrected chi connectivity index (χ2v) is 7.78. The van der Waals surface area contributed by atoms with Gasteiger partial charge in [-0.3, -0.25) is 4.79 Å². The summed E-state index contributed by atoms with van der Waals surface area (Å²) in [4.78, 5) is 25.9. The fourth-order valence-corrected chi connectivity index (χ4v) is 3.87. The van der Waals surface area contributed by atoms with Gasteiger partial charge in [0.15, 0.2) is 0 Å². The maximum Gasteiger partial charge on any atom is 0.415 e. The predicted octanol–water partition coefficient (Wildman–Crippen LogP) is 5.53. The van der Waals surface area contributed by atoms with Crippen LogP contribution in [0, 0.1) is 5.82 Å². The van der Waals surface area contributed by atoms with E-state index in [4.69, 9.17) is 9.47 Å². The average Bonchev–Trinajstić information content (AvgIpc) is 2.78. The molecule has 1 aliphatic rings. The minimum Gasteiger partial charge on any atom is -0.469 e. The number of methoxy groups -OCH3 is 1. The summed E-state index contributed by atoms with van der Waals surface area (Å²) in [7, 11) is 3.07. The van der Waals surface area contributed by atoms with Crippen LogP contribution in [-0.2, 0) is 9.53 Å². The molecule has 1 amide bonds. The average molecular weight is 413 g/mol. The molecule has 1 saturated carbocycles. The zero-order valence-electron chi connectivity index (χ0n) is 17.7. The SMILES string of the molecule is COC(=O)C(C)c1ccc(-c2cccc(OC(=O)N(C)C3CCCCC3)c2)c(F)c1. The first kappa shape index (κ1) is 21.8. The number of hydrogen-bond acceptors (Lipinski definition) is 4. The second-order valence-electron chi connectivity index (χ2n) is 7.78. The van der Waals surface area contributed by atoms with Gasteiger partial charge in [-0.25, -0.2) is 9.18 Å². The van der Waals surface area contributed by atoms with Crippen LogP contribution in [0.15, 0.2) is 42.5 Å². The van der Waals surface area contributed by atoms with Gasteiger partial charge in [0.2, 0.25) is 0 Å². The molecule has 6 heteroatoms. The van der Waals surface area contributed by atoms with Crippen molar-refractivity contribution in [3.8, 4) is 16.9 Å². The molecular weight excluding hydrogens is 385 g/mol. The van der Waals surface area contributed by atoms with Gasteiger partial charge in [-0.2, -0.15) is 0 Å². The van der Waals surface area contributed by atoms with Crippen LogP contribution >= 0.6 is 0 Å². The van der Waals surface area contributed by atoms with Crippen molar-refractivity contribution in [3.05, 3.63) is 53.8 Å². The number of esters is 1. The number of nitrogens with zero attached hydrogens (tertiary/aromatic N) is 1. The zero-order chi connectivity index (χ0) is 21.7. The second kappa shape index (κ2) is 9.74. The lowest BCUT2D eigenvalue weighted by molar-refractivity contribution is -0.141. The molecule has 1 unspecified atom stereocenters. The van der Waals surface area contributed by atoms with Crippen LogP contribution in [0.1, 0.15) is 50.5 Å². The fourth-order valence-electron chi connectivity index (χ4n) is 3.87. The van der Waals surface area contributed by atoms with E-state index in [0.717, 1.165) is 25.7 Å². The number of ether oxygens (including phenoxy) is 2. The van der Waals surface area contributed by atoms with Crippen molar-refractivity contribution in [3.63, 3.8) is 0 Å². The molecule has 5 nitrogen and oxygen atoms in total. The van der Waals surface area contributed by atoms with E-state index < -0.39 is 23.8 Å². The van der Waals surface area contributed by atoms with Crippen LogP contribution in [0.4, 0.5) is 9.18 Å². The fraction of sp³-hybridized carbons (Fsp3) is 0.417. The van der Waals surface area contributed by atoms with Crippen molar-refractivity contribution in [2.75, 3.05) is 14.2 Å². The van der Waals surface area contributed by atoms with Gasteiger partial charge >= 0.3 is 12.1 Å². The molecule has 0 radical (unpaired) electrons. The van der Waals surface area contributed by atoms with Crippen molar-refractivity contribution < 1.29 is 23.5 Å². The molecule has 0 bridgehead atoms. The summed E-state index contributed by atoms with van der Waals surface area (Å²) < 4.78 is 25.0. The molecule has 160 valence electrons. The molecule has 0 aromatic heterocycles. The number of amides is 1. The highest BCUT2D eigenvalue weighted by atomic mass is 19.1. The first-order chi connectivity index (χ1) is 14.4. The Morgan fingerprint density at radius 3 is 2.50 bits per heavy atom. The first-order valence-corrected chi connectivity index (χ1v) is 10.3. The van der Waals surface area contributed by atoms with Gasteiger partial charge in [0.1, 0.15) is 11.6 Å². The van der Waals surface area contributed by atoms with Crippen molar-refractivity contribution in [2.24, 2.45) is 0 Å². The molecule has 0 saturated heterocycles. The van der Waals surface area contributed by atoms with Gasteiger partial charge in [0, 0.05) is 18.7 Å². The number of rotatable bonds is 5. The third kappa shape index (κ3) is 4.99. The summed E-state index contributed by atoms with van der Waals surface area (Å²) in [5, 5.41) is 0. The maximum absolute atomic E-state index is 14.8. The largest absolute Gasteiger partial charge is 0.469 e. The summed E-state index contributed by atoms with van der Waals surface area (Å²) in [6.45, 7) is 1.67. The molecular formula is C24H28FNO4. The van der Waals surface area contributed by atoms with E-state index >= 15 is 0 Å². The van der Waals surface area contributed by atoms with Crippen LogP contribution in [0.5, 0.6) is 5.75 Å². The Balaban J connectivity index is 1.75. The number of carbonyl (C=O) groups excluding carboxylic acids is 2. The Morgan fingerprint density at radius 2 is 1.83 bits per heavy atom. The van der Waals surface area contributed by atoms with Crippen LogP contribution in [0.25, 0.3) is 11.1 Å². The summed E-state index contributed by atoms with van der Waals surface area (Å²) >= 11 is 0. The smallest absolute Gasteiger partial charge is 0.415 e. The van der Waals surface area contributed by atoms with Crippen LogP contribution in [-0.4, -0.2) is 37.2 Å². The van der Waals surface area contributed by atoms with E-state index in [9.17, 15) is 14.0 Å². The number of hydrogen-bond donors (Lipinski definition) is 0. The Kier molecular flexibility index (Phi) is 7.08. The summed E-state index contributed by atoms with van der Waals surface area (Å²) in [5.74, 6) is -1.06. The Bertz CT molecular complexity index is 908. The highest BCUT2D eigenvalue weighted by molar-refractivity contribution is 5.78. The van der Waals surface area contributed by atoms with E-state index in [2.05, 4.69) is 0 Å². The summed E-state index contributed by atoms with van der Waals surface area (Å²) in [6, 6.07) is 11.7. The van der Waals surface area contributed by atoms with E-state index in [1.165, 1.54) is 19.6 Å². The van der Waals surface area contributed by atoms with E-state index in [1.807, 2.05) is 0 Å². The van der Waals surface area contributed by atoms with E-state index in [1.54, 1.807) is 55.3 Å². The topological polar surface area (TPSA) is 55.8 Å². The van der Waals surface area contributed by atoms with Gasteiger partial charge < -0.3 is 14.4 Å². The Morgan fingerprint density at radius 1 is 1.10 bits per heavy atom. The van der Waals surface area contributed by atoms with Crippen molar-refractivity contribution in [2.45, 2.75) is 51.0 Å². The van der Waals surface area contributed by atoms with Gasteiger partial charge in [-0.05, 0) is 49.1 Å². The molecule has 30 heavy (non-hydrogen) atoms. The van der Waals surface area contributed by atoms with Gasteiger partial charge in [-0.1, -0.05) is 43.5 Å². The summed E-state index contributed by atoms with van der Waals surface area (Å²) in [6.07, 6.45) is 5.05. The number of benzene rings is 2. The Labute approximate surface area is 176 Å². The van der Waals surface area contributed by atoms with Crippen molar-refractivity contribution >= 4 is 12.1 Å². The summed E-state index contributed by atoms with van der Waals surface area (Å²) in [5.41, 5.74) is 1.50. The zero-order valence-corrected chi connectivity index (χ0v) is 17.7. The highest BCUT2D eigenvalue weighted by Gasteiger charge is 2.23. The lowest BCUT2D eigenvalue weighted by Crippen LogP contribution is -2.39. The lowest BCUT2D eigenvalue weighted by Gasteiger charge is -2.30. The maximum atomic E-state index is 14.8. The lowest BCUT2D eigenvalue weighted by atomic mass is 9.95. The molecule has 0 aliphatic heterocycles. The van der Waals surface area contributed by atoms with Gasteiger partial charge in [0.25, 0.3) is 0 Å². The Hall–Kier alpha value is -2.89. The molecule has 0 N–H and O–H groups in total. The van der Waals surface area contributed by atoms with Crippen molar-refractivity contribution in [1.29, 1.82) is 0 Å². The van der Waals surface area contributed by atoms with Crippen LogP contribution in [0.3, 0.4) is 0 Å². The number of halogens is 1. The minimum absolute atomic E-state index is 0.205. The van der Waals surface area contributed by atoms with Crippen molar-refractivity contribution in [1.82, 2.24) is 4.90 Å². The third-order valence-electron chi connectivity index (χ3n) is 5.81. The predicted molar refractivity (Wildman–Crippen MR) is 113 cm³/mol. The molecule has 1 aliphatic carbocycles. The highest BCUT2D eigenvalue weighted by Crippen LogP contribution is 2.30. The molecule has 3 rings (SSSR count). The standard InChI is InChI=1S/C24H28FNO4/c1-16(23(27)29-3)17-12-13-21(22(25)15-17)18-8-7-11-20(14-18)30-24(28)26(2)19-9-5-4-6-10-19/h7-8,11-16,19H,4-6,9-10H2,1-3H3. The number of carbonyl (C=O) groups is 2. The van der Waals surface area contributed by atoms with Crippen LogP contribution in [0.2, 0.25) is 0 Å². The van der Waals surface area contributed by atoms with E-state index in [0.29, 0.717) is 22.4 Å². The van der Waals surface area contributed by atoms with E-state index in [-0.39, 0.29) is 6.04 Å². The van der Waals surface area contributed by atoms with Gasteiger partial charge in [0.05, 0.1) is 13.0 Å². The molecule has 2 aromatic carbocycles. The molecule has 1 atom stereocenters. The first-order valence-electron chi connectivity index (χ1n) is 10.3. The molecule has 0 heterocycles. The monoisotopic (exact) mass is 413 g/mol. The quantitative estimate of drug-likeness (QED) is 0.605. The minimum atomic E-state index is -0.554. The molecule has 2 aromatic rings. The normalized spacial score (nSPS) is 15.3. The van der Waals surface area contributed by atoms with Gasteiger partial charge in [-0.15, -0.1) is 0 Å². The molecule has 1 fully saturated rings.